The Kier molecular flexibility index (Phi) is 5.11. The van der Waals surface area contributed by atoms with E-state index in [1.54, 1.807) is 30.3 Å². The molecule has 5 nitrogen and oxygen atoms in total. The van der Waals surface area contributed by atoms with Crippen molar-refractivity contribution < 1.29 is 9.90 Å². The third-order valence-electron chi connectivity index (χ3n) is 4.57. The minimum atomic E-state index is -0.502. The van der Waals surface area contributed by atoms with Gasteiger partial charge in [-0.25, -0.2) is 4.98 Å². The largest absolute Gasteiger partial charge is 0.391 e. The highest BCUT2D eigenvalue weighted by Gasteiger charge is 2.34. The maximum absolute atomic E-state index is 13.1. The fraction of sp³-hybridized carbons (Fsp3) is 0.368. The molecule has 1 fully saturated rings. The summed E-state index contributed by atoms with van der Waals surface area (Å²) in [6.45, 7) is 0.658. The van der Waals surface area contributed by atoms with Crippen LogP contribution in [-0.2, 0) is 6.42 Å². The fourth-order valence-corrected chi connectivity index (χ4v) is 3.32. The molecule has 5 heteroatoms. The van der Waals surface area contributed by atoms with Crippen molar-refractivity contribution in [1.29, 1.82) is 0 Å². The molecule has 0 radical (unpaired) electrons. The van der Waals surface area contributed by atoms with E-state index in [1.807, 2.05) is 30.3 Å². The summed E-state index contributed by atoms with van der Waals surface area (Å²) in [6, 6.07) is 13.3. The second-order valence-electron chi connectivity index (χ2n) is 6.11. The van der Waals surface area contributed by atoms with Crippen LogP contribution in [0.1, 0.15) is 28.8 Å². The highest BCUT2D eigenvalue weighted by Crippen LogP contribution is 2.25. The lowest BCUT2D eigenvalue weighted by Crippen LogP contribution is -2.52. The first kappa shape index (κ1) is 16.5. The lowest BCUT2D eigenvalue weighted by molar-refractivity contribution is 0.0119. The molecule has 1 amide bonds. The van der Waals surface area contributed by atoms with Crippen molar-refractivity contribution in [3.05, 3.63) is 59.8 Å². The molecular formula is C19H23N3O2. The average Bonchev–Trinajstić information content (AvgIpc) is 2.63. The minimum Gasteiger partial charge on any atom is -0.391 e. The number of rotatable bonds is 4. The number of likely N-dealkylation sites (tertiary alicyclic amines) is 1. The topological polar surface area (TPSA) is 65.5 Å². The van der Waals surface area contributed by atoms with E-state index < -0.39 is 6.10 Å². The third kappa shape index (κ3) is 3.41. The van der Waals surface area contributed by atoms with Crippen molar-refractivity contribution in [3.8, 4) is 0 Å². The quantitative estimate of drug-likeness (QED) is 0.905. The summed E-state index contributed by atoms with van der Waals surface area (Å²) < 4.78 is 0. The second-order valence-corrected chi connectivity index (χ2v) is 6.11. The molecule has 0 aliphatic carbocycles. The Morgan fingerprint density at radius 3 is 2.83 bits per heavy atom. The maximum Gasteiger partial charge on any atom is 0.257 e. The number of carbonyl (C=O) groups excluding carboxylic acids is 1. The van der Waals surface area contributed by atoms with E-state index in [-0.39, 0.29) is 11.9 Å². The number of benzene rings is 1. The van der Waals surface area contributed by atoms with Crippen LogP contribution in [-0.4, -0.2) is 46.6 Å². The van der Waals surface area contributed by atoms with Gasteiger partial charge in [-0.3, -0.25) is 4.79 Å². The van der Waals surface area contributed by atoms with Crippen LogP contribution in [0.5, 0.6) is 0 Å². The average molecular weight is 325 g/mol. The van der Waals surface area contributed by atoms with E-state index in [2.05, 4.69) is 10.3 Å². The molecule has 1 saturated heterocycles. The molecule has 0 saturated carbocycles. The number of amides is 1. The number of aliphatic hydroxyl groups is 1. The van der Waals surface area contributed by atoms with Crippen molar-refractivity contribution >= 4 is 11.7 Å². The van der Waals surface area contributed by atoms with Gasteiger partial charge in [0.2, 0.25) is 0 Å². The Hall–Kier alpha value is -2.40. The van der Waals surface area contributed by atoms with Gasteiger partial charge < -0.3 is 15.3 Å². The molecule has 24 heavy (non-hydrogen) atoms. The SMILES string of the molecule is CNc1ncccc1C(=O)N1CCC[C@H](O)[C@@H]1Cc1ccccc1. The molecule has 1 aromatic carbocycles. The fourth-order valence-electron chi connectivity index (χ4n) is 3.32. The highest BCUT2D eigenvalue weighted by atomic mass is 16.3. The molecule has 1 aliphatic rings. The lowest BCUT2D eigenvalue weighted by atomic mass is 9.92. The number of pyridine rings is 1. The van der Waals surface area contributed by atoms with Crippen molar-refractivity contribution in [1.82, 2.24) is 9.88 Å². The first-order valence-electron chi connectivity index (χ1n) is 8.36. The van der Waals surface area contributed by atoms with Crippen LogP contribution in [0.25, 0.3) is 0 Å². The lowest BCUT2D eigenvalue weighted by Gasteiger charge is -2.39. The zero-order valence-corrected chi connectivity index (χ0v) is 13.9. The van der Waals surface area contributed by atoms with Crippen LogP contribution in [0.4, 0.5) is 5.82 Å². The van der Waals surface area contributed by atoms with E-state index in [9.17, 15) is 9.90 Å². The van der Waals surface area contributed by atoms with Crippen LogP contribution in [0, 0.1) is 0 Å². The summed E-state index contributed by atoms with van der Waals surface area (Å²) in [6.07, 6.45) is 3.36. The summed E-state index contributed by atoms with van der Waals surface area (Å²) in [5.41, 5.74) is 1.67. The highest BCUT2D eigenvalue weighted by molar-refractivity contribution is 5.99. The maximum atomic E-state index is 13.1. The van der Waals surface area contributed by atoms with Crippen molar-refractivity contribution in [2.75, 3.05) is 18.9 Å². The van der Waals surface area contributed by atoms with Gasteiger partial charge in [-0.1, -0.05) is 30.3 Å². The molecule has 0 spiro atoms. The first-order valence-corrected chi connectivity index (χ1v) is 8.36. The molecule has 0 bridgehead atoms. The predicted molar refractivity (Wildman–Crippen MR) is 94.0 cm³/mol. The van der Waals surface area contributed by atoms with Gasteiger partial charge in [0.15, 0.2) is 0 Å². The Morgan fingerprint density at radius 1 is 1.29 bits per heavy atom. The van der Waals surface area contributed by atoms with Crippen molar-refractivity contribution in [2.24, 2.45) is 0 Å². The molecule has 3 rings (SSSR count). The molecule has 2 aromatic rings. The standard InChI is InChI=1S/C19H23N3O2/c1-20-18-15(9-5-11-21-18)19(24)22-12-6-10-17(23)16(22)13-14-7-3-2-4-8-14/h2-5,7-9,11,16-17,23H,6,10,12-13H2,1H3,(H,20,21)/t16-,17-/m0/s1. The summed E-state index contributed by atoms with van der Waals surface area (Å²) in [7, 11) is 1.76. The first-order chi connectivity index (χ1) is 11.7. The smallest absolute Gasteiger partial charge is 0.257 e. The zero-order chi connectivity index (χ0) is 16.9. The van der Waals surface area contributed by atoms with Crippen LogP contribution >= 0.6 is 0 Å². The van der Waals surface area contributed by atoms with Crippen LogP contribution < -0.4 is 5.32 Å². The van der Waals surface area contributed by atoms with Gasteiger partial charge in [0, 0.05) is 19.8 Å². The summed E-state index contributed by atoms with van der Waals surface area (Å²) >= 11 is 0. The van der Waals surface area contributed by atoms with E-state index in [1.165, 1.54) is 0 Å². The zero-order valence-electron chi connectivity index (χ0n) is 13.9. The van der Waals surface area contributed by atoms with Crippen molar-refractivity contribution in [2.45, 2.75) is 31.4 Å². The number of piperidine rings is 1. The Balaban J connectivity index is 1.87. The Morgan fingerprint density at radius 2 is 2.08 bits per heavy atom. The van der Waals surface area contributed by atoms with Gasteiger partial charge in [0.25, 0.3) is 5.91 Å². The van der Waals surface area contributed by atoms with E-state index in [0.717, 1.165) is 18.4 Å². The van der Waals surface area contributed by atoms with E-state index >= 15 is 0 Å². The molecule has 0 unspecified atom stereocenters. The molecule has 2 N–H and O–H groups in total. The van der Waals surface area contributed by atoms with Gasteiger partial charge in [0.1, 0.15) is 5.82 Å². The Bertz CT molecular complexity index is 690. The second kappa shape index (κ2) is 7.45. The molecule has 2 atom stereocenters. The molecule has 2 heterocycles. The number of aromatic nitrogens is 1. The molecular weight excluding hydrogens is 302 g/mol. The summed E-state index contributed by atoms with van der Waals surface area (Å²) in [4.78, 5) is 19.1. The number of hydrogen-bond donors (Lipinski definition) is 2. The van der Waals surface area contributed by atoms with Crippen molar-refractivity contribution in [3.63, 3.8) is 0 Å². The summed E-state index contributed by atoms with van der Waals surface area (Å²) in [5.74, 6) is 0.494. The normalized spacial score (nSPS) is 20.7. The van der Waals surface area contributed by atoms with Crippen LogP contribution in [0.2, 0.25) is 0 Å². The van der Waals surface area contributed by atoms with Crippen LogP contribution in [0.15, 0.2) is 48.7 Å². The van der Waals surface area contributed by atoms with Gasteiger partial charge in [-0.05, 0) is 37.0 Å². The van der Waals surface area contributed by atoms with Gasteiger partial charge >= 0.3 is 0 Å². The predicted octanol–water partition coefficient (Wildman–Crippen LogP) is 2.33. The number of nitrogens with zero attached hydrogens (tertiary/aromatic N) is 2. The van der Waals surface area contributed by atoms with Gasteiger partial charge in [-0.15, -0.1) is 0 Å². The van der Waals surface area contributed by atoms with Gasteiger partial charge in [0.05, 0.1) is 17.7 Å². The molecule has 1 aromatic heterocycles. The van der Waals surface area contributed by atoms with Gasteiger partial charge in [-0.2, -0.15) is 0 Å². The van der Waals surface area contributed by atoms with Crippen LogP contribution in [0.3, 0.4) is 0 Å². The number of hydrogen-bond acceptors (Lipinski definition) is 4. The summed E-state index contributed by atoms with van der Waals surface area (Å²) in [5, 5.41) is 13.5. The minimum absolute atomic E-state index is 0.0767. The molecule has 126 valence electrons. The molecule has 1 aliphatic heterocycles. The number of carbonyl (C=O) groups is 1. The number of aliphatic hydroxyl groups excluding tert-OH is 1. The number of anilines is 1. The number of nitrogens with one attached hydrogen (secondary N) is 1. The van der Waals surface area contributed by atoms with E-state index in [0.29, 0.717) is 24.3 Å². The third-order valence-corrected chi connectivity index (χ3v) is 4.57. The van der Waals surface area contributed by atoms with E-state index in [4.69, 9.17) is 0 Å². The monoisotopic (exact) mass is 325 g/mol. The Labute approximate surface area is 142 Å².